The summed E-state index contributed by atoms with van der Waals surface area (Å²) in [5, 5.41) is 9.43. The highest BCUT2D eigenvalue weighted by Gasteiger charge is 2.18. The van der Waals surface area contributed by atoms with Crippen molar-refractivity contribution in [2.45, 2.75) is 12.5 Å². The van der Waals surface area contributed by atoms with Crippen molar-refractivity contribution < 1.29 is 14.6 Å². The van der Waals surface area contributed by atoms with Gasteiger partial charge >= 0.3 is 5.97 Å². The van der Waals surface area contributed by atoms with Crippen molar-refractivity contribution in [2.24, 2.45) is 0 Å². The highest BCUT2D eigenvalue weighted by Crippen LogP contribution is 2.20. The van der Waals surface area contributed by atoms with E-state index in [0.717, 1.165) is 8.79 Å². The van der Waals surface area contributed by atoms with Crippen molar-refractivity contribution in [3.05, 3.63) is 15.0 Å². The zero-order valence-electron chi connectivity index (χ0n) is 6.86. The molecule has 0 aliphatic carbocycles. The van der Waals surface area contributed by atoms with E-state index in [1.807, 2.05) is 0 Å². The summed E-state index contributed by atoms with van der Waals surface area (Å²) in [6, 6.07) is 0. The lowest BCUT2D eigenvalue weighted by Crippen LogP contribution is -2.24. The van der Waals surface area contributed by atoms with E-state index in [4.69, 9.17) is 9.84 Å². The van der Waals surface area contributed by atoms with Crippen molar-refractivity contribution >= 4 is 33.2 Å². The first-order valence-corrected chi connectivity index (χ1v) is 5.10. The molecule has 0 aliphatic heterocycles. The molecular formula is C7H8BrNO3S. The highest BCUT2D eigenvalue weighted by molar-refractivity contribution is 9.11. The van der Waals surface area contributed by atoms with Crippen molar-refractivity contribution in [2.75, 3.05) is 7.11 Å². The number of ether oxygens (including phenoxy) is 1. The molecule has 0 saturated heterocycles. The van der Waals surface area contributed by atoms with Crippen LogP contribution in [-0.4, -0.2) is 29.3 Å². The van der Waals surface area contributed by atoms with Gasteiger partial charge in [-0.15, -0.1) is 11.3 Å². The van der Waals surface area contributed by atoms with E-state index < -0.39 is 12.1 Å². The summed E-state index contributed by atoms with van der Waals surface area (Å²) in [6.45, 7) is 0. The Kier molecular flexibility index (Phi) is 3.83. The number of aliphatic carboxylic acids is 1. The molecule has 1 N–H and O–H groups in total. The van der Waals surface area contributed by atoms with Crippen LogP contribution in [0, 0.1) is 0 Å². The number of carboxylic acid groups (broad SMARTS) is 1. The Bertz CT molecular complexity index is 302. The van der Waals surface area contributed by atoms with Crippen molar-refractivity contribution in [3.8, 4) is 0 Å². The van der Waals surface area contributed by atoms with E-state index in [0.29, 0.717) is 6.42 Å². The molecule has 1 atom stereocenters. The SMILES string of the molecule is COC(Cc1ncc(Br)s1)C(=O)O. The topological polar surface area (TPSA) is 59.4 Å². The predicted molar refractivity (Wildman–Crippen MR) is 52.0 cm³/mol. The normalized spacial score (nSPS) is 12.8. The van der Waals surface area contributed by atoms with Gasteiger partial charge in [-0.3, -0.25) is 0 Å². The Morgan fingerprint density at radius 2 is 2.62 bits per heavy atom. The summed E-state index contributed by atoms with van der Waals surface area (Å²) in [4.78, 5) is 14.6. The van der Waals surface area contributed by atoms with Gasteiger partial charge in [0, 0.05) is 13.5 Å². The van der Waals surface area contributed by atoms with Crippen molar-refractivity contribution in [3.63, 3.8) is 0 Å². The molecule has 13 heavy (non-hydrogen) atoms. The molecule has 0 fully saturated rings. The molecule has 1 unspecified atom stereocenters. The molecule has 6 heteroatoms. The highest BCUT2D eigenvalue weighted by atomic mass is 79.9. The average molecular weight is 266 g/mol. The van der Waals surface area contributed by atoms with Gasteiger partial charge in [-0.25, -0.2) is 9.78 Å². The third-order valence-electron chi connectivity index (χ3n) is 1.45. The van der Waals surface area contributed by atoms with Gasteiger partial charge in [0.25, 0.3) is 0 Å². The minimum Gasteiger partial charge on any atom is -0.479 e. The zero-order chi connectivity index (χ0) is 9.84. The smallest absolute Gasteiger partial charge is 0.333 e. The fraction of sp³-hybridized carbons (Fsp3) is 0.429. The van der Waals surface area contributed by atoms with Crippen LogP contribution in [0.1, 0.15) is 5.01 Å². The number of rotatable bonds is 4. The second-order valence-corrected chi connectivity index (χ2v) is 4.82. The molecular weight excluding hydrogens is 258 g/mol. The number of hydrogen-bond donors (Lipinski definition) is 1. The van der Waals surface area contributed by atoms with E-state index in [2.05, 4.69) is 20.9 Å². The van der Waals surface area contributed by atoms with Gasteiger partial charge in [-0.2, -0.15) is 0 Å². The van der Waals surface area contributed by atoms with E-state index in [9.17, 15) is 4.79 Å². The van der Waals surface area contributed by atoms with Crippen LogP contribution in [-0.2, 0) is 16.0 Å². The predicted octanol–water partition coefficient (Wildman–Crippen LogP) is 1.55. The molecule has 0 bridgehead atoms. The Labute approximate surface area is 87.7 Å². The van der Waals surface area contributed by atoms with E-state index >= 15 is 0 Å². The molecule has 0 aliphatic rings. The van der Waals surface area contributed by atoms with Crippen LogP contribution in [0.4, 0.5) is 0 Å². The number of carbonyl (C=O) groups is 1. The quantitative estimate of drug-likeness (QED) is 0.898. The summed E-state index contributed by atoms with van der Waals surface area (Å²) in [5.41, 5.74) is 0. The number of carboxylic acids is 1. The molecule has 1 aromatic heterocycles. The molecule has 4 nitrogen and oxygen atoms in total. The van der Waals surface area contributed by atoms with Gasteiger partial charge in [-0.1, -0.05) is 0 Å². The fourth-order valence-corrected chi connectivity index (χ4v) is 2.15. The Balaban J connectivity index is 2.61. The van der Waals surface area contributed by atoms with E-state index in [1.165, 1.54) is 18.4 Å². The Morgan fingerprint density at radius 1 is 1.92 bits per heavy atom. The molecule has 72 valence electrons. The molecule has 0 amide bonds. The molecule has 1 heterocycles. The Hall–Kier alpha value is -0.460. The summed E-state index contributed by atoms with van der Waals surface area (Å²) in [6.07, 6.45) is 1.15. The number of halogens is 1. The lowest BCUT2D eigenvalue weighted by molar-refractivity contribution is -0.148. The molecule has 1 aromatic rings. The summed E-state index contributed by atoms with van der Waals surface area (Å²) in [5.74, 6) is -0.964. The second kappa shape index (κ2) is 4.69. The first kappa shape index (κ1) is 10.6. The van der Waals surface area contributed by atoms with Crippen LogP contribution in [0.2, 0.25) is 0 Å². The summed E-state index contributed by atoms with van der Waals surface area (Å²) < 4.78 is 5.67. The maximum absolute atomic E-state index is 10.6. The van der Waals surface area contributed by atoms with Gasteiger partial charge in [0.05, 0.1) is 15.0 Å². The molecule has 1 rings (SSSR count). The minimum atomic E-state index is -0.964. The van der Waals surface area contributed by atoms with Crippen LogP contribution in [0.15, 0.2) is 9.98 Å². The molecule has 0 aromatic carbocycles. The number of nitrogens with zero attached hydrogens (tertiary/aromatic N) is 1. The van der Waals surface area contributed by atoms with Crippen molar-refractivity contribution in [1.29, 1.82) is 0 Å². The summed E-state index contributed by atoms with van der Waals surface area (Å²) >= 11 is 4.66. The van der Waals surface area contributed by atoms with Gasteiger partial charge < -0.3 is 9.84 Å². The third kappa shape index (κ3) is 3.06. The monoisotopic (exact) mass is 265 g/mol. The van der Waals surface area contributed by atoms with E-state index in [1.54, 1.807) is 6.20 Å². The van der Waals surface area contributed by atoms with Crippen LogP contribution < -0.4 is 0 Å². The maximum Gasteiger partial charge on any atom is 0.333 e. The zero-order valence-corrected chi connectivity index (χ0v) is 9.26. The largest absolute Gasteiger partial charge is 0.479 e. The lowest BCUT2D eigenvalue weighted by atomic mass is 10.3. The number of methoxy groups -OCH3 is 1. The molecule has 0 saturated carbocycles. The third-order valence-corrected chi connectivity index (χ3v) is 2.94. The van der Waals surface area contributed by atoms with Gasteiger partial charge in [0.1, 0.15) is 0 Å². The maximum atomic E-state index is 10.6. The molecule has 0 radical (unpaired) electrons. The average Bonchev–Trinajstić information content (AvgIpc) is 2.46. The number of thiazole rings is 1. The first-order chi connectivity index (χ1) is 6.13. The fourth-order valence-electron chi connectivity index (χ4n) is 0.812. The number of aromatic nitrogens is 1. The first-order valence-electron chi connectivity index (χ1n) is 3.49. The van der Waals surface area contributed by atoms with Crippen molar-refractivity contribution in [1.82, 2.24) is 4.98 Å². The van der Waals surface area contributed by atoms with E-state index in [-0.39, 0.29) is 0 Å². The van der Waals surface area contributed by atoms with Crippen LogP contribution >= 0.6 is 27.3 Å². The van der Waals surface area contributed by atoms with Crippen LogP contribution in [0.5, 0.6) is 0 Å². The van der Waals surface area contributed by atoms with Crippen LogP contribution in [0.25, 0.3) is 0 Å². The lowest BCUT2D eigenvalue weighted by Gasteiger charge is -2.06. The van der Waals surface area contributed by atoms with Gasteiger partial charge in [-0.05, 0) is 15.9 Å². The second-order valence-electron chi connectivity index (χ2n) is 2.32. The number of hydrogen-bond acceptors (Lipinski definition) is 4. The van der Waals surface area contributed by atoms with Gasteiger partial charge in [0.15, 0.2) is 6.10 Å². The Morgan fingerprint density at radius 3 is 3.00 bits per heavy atom. The van der Waals surface area contributed by atoms with Crippen LogP contribution in [0.3, 0.4) is 0 Å². The molecule has 0 spiro atoms. The minimum absolute atomic E-state index is 0.308. The summed E-state index contributed by atoms with van der Waals surface area (Å²) in [7, 11) is 1.38. The van der Waals surface area contributed by atoms with Gasteiger partial charge in [0.2, 0.25) is 0 Å². The standard InChI is InChI=1S/C7H8BrNO3S/c1-12-4(7(10)11)2-6-9-3-5(8)13-6/h3-4H,2H2,1H3,(H,10,11).